The van der Waals surface area contributed by atoms with E-state index in [0.29, 0.717) is 21.9 Å². The maximum absolute atomic E-state index is 10.9. The highest BCUT2D eigenvalue weighted by molar-refractivity contribution is 9.10. The fourth-order valence-corrected chi connectivity index (χ4v) is 1.74. The molecule has 1 aromatic heterocycles. The maximum atomic E-state index is 10.9. The highest BCUT2D eigenvalue weighted by Crippen LogP contribution is 2.31. The zero-order valence-corrected chi connectivity index (χ0v) is 11.5. The lowest BCUT2D eigenvalue weighted by atomic mass is 10.2. The SMILES string of the molecule is COc1cc(Oc2cc(C(=O)O)ccc2Br)ccn1. The van der Waals surface area contributed by atoms with Crippen LogP contribution < -0.4 is 9.47 Å². The molecule has 1 N–H and O–H groups in total. The van der Waals surface area contributed by atoms with Crippen LogP contribution in [0.2, 0.25) is 0 Å². The lowest BCUT2D eigenvalue weighted by Crippen LogP contribution is -1.97. The molecule has 0 saturated heterocycles. The molecule has 0 fully saturated rings. The topological polar surface area (TPSA) is 68.7 Å². The van der Waals surface area contributed by atoms with E-state index in [2.05, 4.69) is 20.9 Å². The van der Waals surface area contributed by atoms with E-state index in [4.69, 9.17) is 14.6 Å². The van der Waals surface area contributed by atoms with Crippen LogP contribution in [0.5, 0.6) is 17.4 Å². The molecule has 2 rings (SSSR count). The van der Waals surface area contributed by atoms with E-state index in [1.165, 1.54) is 19.2 Å². The summed E-state index contributed by atoms with van der Waals surface area (Å²) in [4.78, 5) is 14.9. The van der Waals surface area contributed by atoms with E-state index in [-0.39, 0.29) is 5.56 Å². The molecule has 0 aliphatic carbocycles. The highest BCUT2D eigenvalue weighted by atomic mass is 79.9. The first kappa shape index (κ1) is 13.4. The van der Waals surface area contributed by atoms with Gasteiger partial charge in [0.2, 0.25) is 5.88 Å². The molecular formula is C13H10BrNO4. The summed E-state index contributed by atoms with van der Waals surface area (Å²) in [6.45, 7) is 0. The molecule has 0 unspecified atom stereocenters. The third-order valence-corrected chi connectivity index (χ3v) is 2.98. The fourth-order valence-electron chi connectivity index (χ4n) is 1.41. The number of carbonyl (C=O) groups is 1. The van der Waals surface area contributed by atoms with Crippen molar-refractivity contribution in [3.63, 3.8) is 0 Å². The molecule has 0 amide bonds. The summed E-state index contributed by atoms with van der Waals surface area (Å²) in [5, 5.41) is 8.95. The van der Waals surface area contributed by atoms with Gasteiger partial charge in [0.25, 0.3) is 0 Å². The molecule has 6 heteroatoms. The van der Waals surface area contributed by atoms with Crippen molar-refractivity contribution in [2.45, 2.75) is 0 Å². The molecule has 0 aliphatic rings. The summed E-state index contributed by atoms with van der Waals surface area (Å²) < 4.78 is 11.3. The molecule has 0 spiro atoms. The molecule has 0 aliphatic heterocycles. The van der Waals surface area contributed by atoms with Crippen LogP contribution in [0.4, 0.5) is 0 Å². The number of benzene rings is 1. The van der Waals surface area contributed by atoms with Crippen molar-refractivity contribution in [3.8, 4) is 17.4 Å². The lowest BCUT2D eigenvalue weighted by Gasteiger charge is -2.09. The van der Waals surface area contributed by atoms with Gasteiger partial charge >= 0.3 is 5.97 Å². The molecule has 1 heterocycles. The minimum Gasteiger partial charge on any atom is -0.481 e. The number of ether oxygens (including phenoxy) is 2. The molecular weight excluding hydrogens is 314 g/mol. The molecule has 19 heavy (non-hydrogen) atoms. The van der Waals surface area contributed by atoms with Gasteiger partial charge in [-0.15, -0.1) is 0 Å². The average molecular weight is 324 g/mol. The summed E-state index contributed by atoms with van der Waals surface area (Å²) in [7, 11) is 1.51. The van der Waals surface area contributed by atoms with E-state index in [0.717, 1.165) is 0 Å². The highest BCUT2D eigenvalue weighted by Gasteiger charge is 2.09. The largest absolute Gasteiger partial charge is 0.481 e. The Kier molecular flexibility index (Phi) is 4.01. The number of nitrogens with zero attached hydrogens (tertiary/aromatic N) is 1. The first-order valence-electron chi connectivity index (χ1n) is 5.31. The third kappa shape index (κ3) is 3.23. The number of carboxylic acids is 1. The Labute approximate surface area is 117 Å². The van der Waals surface area contributed by atoms with Gasteiger partial charge in [-0.3, -0.25) is 0 Å². The van der Waals surface area contributed by atoms with Crippen molar-refractivity contribution >= 4 is 21.9 Å². The zero-order chi connectivity index (χ0) is 13.8. The second kappa shape index (κ2) is 5.71. The van der Waals surface area contributed by atoms with Gasteiger partial charge in [-0.25, -0.2) is 9.78 Å². The molecule has 98 valence electrons. The Morgan fingerprint density at radius 1 is 1.32 bits per heavy atom. The predicted octanol–water partition coefficient (Wildman–Crippen LogP) is 3.34. The van der Waals surface area contributed by atoms with E-state index in [9.17, 15) is 4.79 Å². The van der Waals surface area contributed by atoms with E-state index >= 15 is 0 Å². The second-order valence-corrected chi connectivity index (χ2v) is 4.44. The van der Waals surface area contributed by atoms with Crippen molar-refractivity contribution in [2.75, 3.05) is 7.11 Å². The minimum atomic E-state index is -1.01. The Balaban J connectivity index is 2.31. The van der Waals surface area contributed by atoms with Gasteiger partial charge in [-0.05, 0) is 40.2 Å². The van der Waals surface area contributed by atoms with Crippen LogP contribution in [-0.4, -0.2) is 23.2 Å². The Hall–Kier alpha value is -2.08. The normalized spacial score (nSPS) is 10.0. The van der Waals surface area contributed by atoms with Crippen LogP contribution in [0.1, 0.15) is 10.4 Å². The van der Waals surface area contributed by atoms with E-state index < -0.39 is 5.97 Å². The van der Waals surface area contributed by atoms with Gasteiger partial charge in [0.05, 0.1) is 17.1 Å². The van der Waals surface area contributed by atoms with Gasteiger partial charge in [0, 0.05) is 12.3 Å². The number of pyridine rings is 1. The Morgan fingerprint density at radius 2 is 2.11 bits per heavy atom. The Bertz CT molecular complexity index is 615. The van der Waals surface area contributed by atoms with Gasteiger partial charge < -0.3 is 14.6 Å². The molecule has 0 saturated carbocycles. The first-order valence-corrected chi connectivity index (χ1v) is 6.10. The molecule has 0 atom stereocenters. The van der Waals surface area contributed by atoms with Crippen molar-refractivity contribution in [1.82, 2.24) is 4.98 Å². The summed E-state index contributed by atoms with van der Waals surface area (Å²) >= 11 is 3.31. The average Bonchev–Trinajstić information content (AvgIpc) is 2.41. The zero-order valence-electron chi connectivity index (χ0n) is 9.96. The van der Waals surface area contributed by atoms with Gasteiger partial charge in [0.15, 0.2) is 0 Å². The van der Waals surface area contributed by atoms with Crippen LogP contribution in [-0.2, 0) is 0 Å². The smallest absolute Gasteiger partial charge is 0.335 e. The van der Waals surface area contributed by atoms with Crippen LogP contribution >= 0.6 is 15.9 Å². The summed E-state index contributed by atoms with van der Waals surface area (Å²) in [5.74, 6) is 0.330. The van der Waals surface area contributed by atoms with Crippen LogP contribution in [0.3, 0.4) is 0 Å². The first-order chi connectivity index (χ1) is 9.10. The number of hydrogen-bond donors (Lipinski definition) is 1. The number of hydrogen-bond acceptors (Lipinski definition) is 4. The van der Waals surface area contributed by atoms with Crippen LogP contribution in [0.15, 0.2) is 41.0 Å². The lowest BCUT2D eigenvalue weighted by molar-refractivity contribution is 0.0696. The van der Waals surface area contributed by atoms with E-state index in [1.54, 1.807) is 24.4 Å². The van der Waals surface area contributed by atoms with Crippen molar-refractivity contribution in [1.29, 1.82) is 0 Å². The molecule has 0 radical (unpaired) electrons. The minimum absolute atomic E-state index is 0.152. The summed E-state index contributed by atoms with van der Waals surface area (Å²) in [6, 6.07) is 7.82. The van der Waals surface area contributed by atoms with Crippen molar-refractivity contribution in [2.24, 2.45) is 0 Å². The van der Waals surface area contributed by atoms with Gasteiger partial charge in [0.1, 0.15) is 11.5 Å². The number of carboxylic acid groups (broad SMARTS) is 1. The number of methoxy groups -OCH3 is 1. The maximum Gasteiger partial charge on any atom is 0.335 e. The summed E-state index contributed by atoms with van der Waals surface area (Å²) in [6.07, 6.45) is 1.54. The number of halogens is 1. The van der Waals surface area contributed by atoms with Gasteiger partial charge in [-0.1, -0.05) is 0 Å². The Morgan fingerprint density at radius 3 is 2.79 bits per heavy atom. The molecule has 0 bridgehead atoms. The van der Waals surface area contributed by atoms with Gasteiger partial charge in [-0.2, -0.15) is 0 Å². The predicted molar refractivity (Wildman–Crippen MR) is 72.0 cm³/mol. The molecule has 5 nitrogen and oxygen atoms in total. The van der Waals surface area contributed by atoms with Crippen LogP contribution in [0, 0.1) is 0 Å². The van der Waals surface area contributed by atoms with Crippen molar-refractivity contribution in [3.05, 3.63) is 46.6 Å². The van der Waals surface area contributed by atoms with Crippen LogP contribution in [0.25, 0.3) is 0 Å². The standard InChI is InChI=1S/C13H10BrNO4/c1-18-12-7-9(4-5-15-12)19-11-6-8(13(16)17)2-3-10(11)14/h2-7H,1H3,(H,16,17). The van der Waals surface area contributed by atoms with E-state index in [1.807, 2.05) is 0 Å². The number of rotatable bonds is 4. The number of aromatic nitrogens is 1. The third-order valence-electron chi connectivity index (χ3n) is 2.32. The quantitative estimate of drug-likeness (QED) is 0.934. The molecule has 1 aromatic carbocycles. The number of aromatic carboxylic acids is 1. The molecule has 2 aromatic rings. The monoisotopic (exact) mass is 323 g/mol. The fraction of sp³-hybridized carbons (Fsp3) is 0.0769. The second-order valence-electron chi connectivity index (χ2n) is 3.59. The van der Waals surface area contributed by atoms with Crippen molar-refractivity contribution < 1.29 is 19.4 Å². The summed E-state index contributed by atoms with van der Waals surface area (Å²) in [5.41, 5.74) is 0.152.